The molecule has 1 aliphatic rings. The molecule has 11 heavy (non-hydrogen) atoms. The van der Waals surface area contributed by atoms with E-state index in [1.54, 1.807) is 0 Å². The van der Waals surface area contributed by atoms with E-state index in [0.717, 1.165) is 6.42 Å². The Balaban J connectivity index is 2.00. The predicted molar refractivity (Wildman–Crippen MR) is 39.9 cm³/mol. The zero-order valence-electron chi connectivity index (χ0n) is 6.50. The highest BCUT2D eigenvalue weighted by Gasteiger charge is 2.32. The van der Waals surface area contributed by atoms with Crippen molar-refractivity contribution in [3.8, 4) is 0 Å². The molecule has 1 rings (SSSR count). The molecule has 0 aromatic carbocycles. The molecule has 0 aliphatic carbocycles. The van der Waals surface area contributed by atoms with Crippen LogP contribution >= 0.6 is 0 Å². The second-order valence-electron chi connectivity index (χ2n) is 2.72. The number of amides is 1. The molecule has 1 aliphatic heterocycles. The van der Waals surface area contributed by atoms with E-state index < -0.39 is 0 Å². The molecule has 0 saturated heterocycles. The van der Waals surface area contributed by atoms with Crippen molar-refractivity contribution < 1.29 is 4.79 Å². The second kappa shape index (κ2) is 2.96. The normalized spacial score (nSPS) is 18.0. The highest BCUT2D eigenvalue weighted by Crippen LogP contribution is 2.29. The van der Waals surface area contributed by atoms with Gasteiger partial charge in [0, 0.05) is 13.0 Å². The summed E-state index contributed by atoms with van der Waals surface area (Å²) in [5.74, 6) is -0.130. The van der Waals surface area contributed by atoms with Crippen LogP contribution in [-0.4, -0.2) is 24.7 Å². The fourth-order valence-electron chi connectivity index (χ4n) is 0.696. The van der Waals surface area contributed by atoms with Gasteiger partial charge in [-0.2, -0.15) is 10.2 Å². The van der Waals surface area contributed by atoms with E-state index in [0.29, 0.717) is 6.54 Å². The van der Waals surface area contributed by atoms with Crippen LogP contribution in [0.25, 0.3) is 0 Å². The lowest BCUT2D eigenvalue weighted by molar-refractivity contribution is -0.119. The third-order valence-corrected chi connectivity index (χ3v) is 1.55. The summed E-state index contributed by atoms with van der Waals surface area (Å²) < 4.78 is 0. The summed E-state index contributed by atoms with van der Waals surface area (Å²) in [7, 11) is 0. The summed E-state index contributed by atoms with van der Waals surface area (Å²) in [6.07, 6.45) is 0.763. The highest BCUT2D eigenvalue weighted by molar-refractivity contribution is 5.77. The molecular weight excluding hydrogens is 144 g/mol. The maximum atomic E-state index is 10.6. The molecule has 3 N–H and O–H groups in total. The average Bonchev–Trinajstić information content (AvgIpc) is 2.68. The number of nitrogens with zero attached hydrogens (tertiary/aromatic N) is 2. The van der Waals surface area contributed by atoms with Gasteiger partial charge in [0.1, 0.15) is 0 Å². The number of nitrogens with two attached hydrogens (primary N) is 1. The SMILES string of the molecule is CC1(CCNC(=O)CN)N=N1. The van der Waals surface area contributed by atoms with E-state index in [4.69, 9.17) is 5.73 Å². The van der Waals surface area contributed by atoms with Crippen molar-refractivity contribution in [1.82, 2.24) is 5.32 Å². The molecule has 62 valence electrons. The first-order chi connectivity index (χ1) is 5.16. The van der Waals surface area contributed by atoms with Gasteiger partial charge in [0.15, 0.2) is 5.66 Å². The molecule has 1 amide bonds. The monoisotopic (exact) mass is 156 g/mol. The first-order valence-corrected chi connectivity index (χ1v) is 3.57. The summed E-state index contributed by atoms with van der Waals surface area (Å²) in [4.78, 5) is 10.6. The number of hydrogen-bond acceptors (Lipinski definition) is 4. The smallest absolute Gasteiger partial charge is 0.233 e. The lowest BCUT2D eigenvalue weighted by Gasteiger charge is -2.04. The Bertz CT molecular complexity index is 183. The molecule has 0 fully saturated rings. The highest BCUT2D eigenvalue weighted by atomic mass is 16.1. The third kappa shape index (κ3) is 2.63. The van der Waals surface area contributed by atoms with E-state index in [2.05, 4.69) is 15.5 Å². The van der Waals surface area contributed by atoms with Crippen LogP contribution in [0.4, 0.5) is 0 Å². The van der Waals surface area contributed by atoms with Crippen molar-refractivity contribution in [1.29, 1.82) is 0 Å². The van der Waals surface area contributed by atoms with Gasteiger partial charge in [0.2, 0.25) is 5.91 Å². The van der Waals surface area contributed by atoms with Crippen LogP contribution in [0.15, 0.2) is 10.2 Å². The van der Waals surface area contributed by atoms with Crippen LogP contribution in [-0.2, 0) is 4.79 Å². The fraction of sp³-hybridized carbons (Fsp3) is 0.833. The van der Waals surface area contributed by atoms with E-state index in [1.165, 1.54) is 0 Å². The van der Waals surface area contributed by atoms with E-state index in [1.807, 2.05) is 6.92 Å². The maximum Gasteiger partial charge on any atom is 0.233 e. The fourth-order valence-corrected chi connectivity index (χ4v) is 0.696. The third-order valence-electron chi connectivity index (χ3n) is 1.55. The molecule has 0 radical (unpaired) electrons. The first-order valence-electron chi connectivity index (χ1n) is 3.57. The Morgan fingerprint density at radius 1 is 1.64 bits per heavy atom. The van der Waals surface area contributed by atoms with Gasteiger partial charge in [-0.3, -0.25) is 4.79 Å². The van der Waals surface area contributed by atoms with Gasteiger partial charge in [-0.15, -0.1) is 0 Å². The standard InChI is InChI=1S/C6H12N4O/c1-6(9-10-6)2-3-8-5(11)4-7/h2-4,7H2,1H3,(H,8,11). The summed E-state index contributed by atoms with van der Waals surface area (Å²) in [6.45, 7) is 2.56. The number of nitrogens with one attached hydrogen (secondary N) is 1. The summed E-state index contributed by atoms with van der Waals surface area (Å²) in [6, 6.07) is 0. The first kappa shape index (κ1) is 8.13. The summed E-state index contributed by atoms with van der Waals surface area (Å²) in [5, 5.41) is 10.2. The molecule has 0 bridgehead atoms. The topological polar surface area (TPSA) is 79.8 Å². The molecule has 0 spiro atoms. The van der Waals surface area contributed by atoms with Crippen LogP contribution in [0.2, 0.25) is 0 Å². The average molecular weight is 156 g/mol. The molecule has 0 unspecified atom stereocenters. The van der Waals surface area contributed by atoms with Crippen LogP contribution in [0.3, 0.4) is 0 Å². The van der Waals surface area contributed by atoms with Crippen LogP contribution in [0, 0.1) is 0 Å². The van der Waals surface area contributed by atoms with Gasteiger partial charge in [-0.1, -0.05) is 0 Å². The molecule has 0 aromatic heterocycles. The maximum absolute atomic E-state index is 10.6. The van der Waals surface area contributed by atoms with Crippen molar-refractivity contribution in [2.45, 2.75) is 19.0 Å². The quantitative estimate of drug-likeness (QED) is 0.582. The van der Waals surface area contributed by atoms with Gasteiger partial charge >= 0.3 is 0 Å². The number of hydrogen-bond donors (Lipinski definition) is 2. The van der Waals surface area contributed by atoms with Crippen LogP contribution in [0.1, 0.15) is 13.3 Å². The molecule has 5 heteroatoms. The van der Waals surface area contributed by atoms with E-state index >= 15 is 0 Å². The minimum atomic E-state index is -0.220. The molecule has 0 saturated carbocycles. The van der Waals surface area contributed by atoms with E-state index in [-0.39, 0.29) is 18.1 Å². The molecular formula is C6H12N4O. The minimum Gasteiger partial charge on any atom is -0.355 e. The zero-order valence-corrected chi connectivity index (χ0v) is 6.50. The Hall–Kier alpha value is -0.970. The molecule has 5 nitrogen and oxygen atoms in total. The Kier molecular flexibility index (Phi) is 2.19. The zero-order chi connectivity index (χ0) is 8.32. The summed E-state index contributed by atoms with van der Waals surface area (Å²) in [5.41, 5.74) is 4.86. The van der Waals surface area contributed by atoms with Crippen molar-refractivity contribution in [3.63, 3.8) is 0 Å². The van der Waals surface area contributed by atoms with Gasteiger partial charge in [-0.25, -0.2) is 0 Å². The van der Waals surface area contributed by atoms with Crippen molar-refractivity contribution in [2.75, 3.05) is 13.1 Å². The summed E-state index contributed by atoms with van der Waals surface area (Å²) >= 11 is 0. The number of carbonyl (C=O) groups excluding carboxylic acids is 1. The van der Waals surface area contributed by atoms with Crippen molar-refractivity contribution >= 4 is 5.91 Å². The van der Waals surface area contributed by atoms with Crippen LogP contribution < -0.4 is 11.1 Å². The molecule has 0 aromatic rings. The lowest BCUT2D eigenvalue weighted by Crippen LogP contribution is -2.32. The number of rotatable bonds is 4. The predicted octanol–water partition coefficient (Wildman–Crippen LogP) is -0.367. The lowest BCUT2D eigenvalue weighted by atomic mass is 10.2. The van der Waals surface area contributed by atoms with Crippen LogP contribution in [0.5, 0.6) is 0 Å². The van der Waals surface area contributed by atoms with Crippen molar-refractivity contribution in [2.24, 2.45) is 16.0 Å². The second-order valence-corrected chi connectivity index (χ2v) is 2.72. The molecule has 0 atom stereocenters. The van der Waals surface area contributed by atoms with Crippen molar-refractivity contribution in [3.05, 3.63) is 0 Å². The Morgan fingerprint density at radius 3 is 2.73 bits per heavy atom. The largest absolute Gasteiger partial charge is 0.355 e. The van der Waals surface area contributed by atoms with Gasteiger partial charge in [0.25, 0.3) is 0 Å². The molecule has 1 heterocycles. The van der Waals surface area contributed by atoms with E-state index in [9.17, 15) is 4.79 Å². The Morgan fingerprint density at radius 2 is 2.27 bits per heavy atom. The van der Waals surface area contributed by atoms with Gasteiger partial charge in [-0.05, 0) is 6.92 Å². The Labute approximate surface area is 65.1 Å². The number of carbonyl (C=O) groups is 1. The van der Waals surface area contributed by atoms with Gasteiger partial charge in [0.05, 0.1) is 6.54 Å². The van der Waals surface area contributed by atoms with Gasteiger partial charge < -0.3 is 11.1 Å². The minimum absolute atomic E-state index is 0.0466.